The quantitative estimate of drug-likeness (QED) is 0.842. The van der Waals surface area contributed by atoms with Gasteiger partial charge in [0.15, 0.2) is 0 Å². The Morgan fingerprint density at radius 3 is 2.61 bits per heavy atom. The molecule has 1 aliphatic rings. The first-order valence-electron chi connectivity index (χ1n) is 8.90. The fourth-order valence-corrected chi connectivity index (χ4v) is 2.83. The van der Waals surface area contributed by atoms with Gasteiger partial charge in [-0.3, -0.25) is 4.79 Å². The maximum atomic E-state index is 12.9. The molecule has 2 aromatic rings. The molecule has 1 N–H and O–H groups in total. The van der Waals surface area contributed by atoms with E-state index in [2.05, 4.69) is 15.5 Å². The molecule has 0 fully saturated rings. The van der Waals surface area contributed by atoms with Crippen molar-refractivity contribution in [3.63, 3.8) is 0 Å². The van der Waals surface area contributed by atoms with E-state index < -0.39 is 17.7 Å². The lowest BCUT2D eigenvalue weighted by molar-refractivity contribution is -0.120. The van der Waals surface area contributed by atoms with Gasteiger partial charge in [-0.2, -0.15) is 0 Å². The average Bonchev–Trinajstić information content (AvgIpc) is 2.97. The van der Waals surface area contributed by atoms with Gasteiger partial charge in [0, 0.05) is 19.5 Å². The van der Waals surface area contributed by atoms with Gasteiger partial charge < -0.3 is 24.1 Å². The number of likely N-dealkylation sites (N-methyl/N-ethyl adjacent to an activating group) is 1. The Balaban J connectivity index is 1.87. The minimum absolute atomic E-state index is 0.00608. The highest BCUT2D eigenvalue weighted by molar-refractivity contribution is 6.00. The Morgan fingerprint density at radius 1 is 1.29 bits per heavy atom. The average molecular weight is 388 g/mol. The van der Waals surface area contributed by atoms with Crippen molar-refractivity contribution < 1.29 is 23.5 Å². The summed E-state index contributed by atoms with van der Waals surface area (Å²) in [5, 5.41) is 10.5. The van der Waals surface area contributed by atoms with Crippen LogP contribution in [0.25, 0.3) is 11.5 Å². The maximum absolute atomic E-state index is 12.9. The van der Waals surface area contributed by atoms with Crippen molar-refractivity contribution in [1.82, 2.24) is 15.5 Å². The Morgan fingerprint density at radius 2 is 2.00 bits per heavy atom. The SMILES string of the molecule is Cc1nnc(-c2cc3c(cc2C)OCC(NC(=O)OC(C)(C)C)C(=O)N3C)o1. The number of rotatable bonds is 2. The number of aryl methyl sites for hydroxylation is 2. The normalized spacial score (nSPS) is 16.9. The lowest BCUT2D eigenvalue weighted by Crippen LogP contribution is -2.50. The van der Waals surface area contributed by atoms with Gasteiger partial charge >= 0.3 is 6.09 Å². The predicted octanol–water partition coefficient (Wildman–Crippen LogP) is 2.60. The van der Waals surface area contributed by atoms with Crippen LogP contribution in [0.5, 0.6) is 5.75 Å². The van der Waals surface area contributed by atoms with Gasteiger partial charge in [-0.25, -0.2) is 4.79 Å². The van der Waals surface area contributed by atoms with Crippen molar-refractivity contribution >= 4 is 17.7 Å². The Labute approximate surface area is 163 Å². The van der Waals surface area contributed by atoms with Crippen LogP contribution in [0.4, 0.5) is 10.5 Å². The molecule has 2 amide bonds. The van der Waals surface area contributed by atoms with Crippen molar-refractivity contribution in [2.45, 2.75) is 46.3 Å². The second kappa shape index (κ2) is 7.14. The maximum Gasteiger partial charge on any atom is 0.408 e. The molecule has 9 heteroatoms. The summed E-state index contributed by atoms with van der Waals surface area (Å²) in [4.78, 5) is 26.4. The van der Waals surface area contributed by atoms with Gasteiger partial charge in [-0.15, -0.1) is 10.2 Å². The van der Waals surface area contributed by atoms with Crippen LogP contribution in [0, 0.1) is 13.8 Å². The summed E-state index contributed by atoms with van der Waals surface area (Å²) in [6.07, 6.45) is -0.674. The van der Waals surface area contributed by atoms with E-state index in [1.807, 2.05) is 13.0 Å². The third-order valence-electron chi connectivity index (χ3n) is 4.15. The van der Waals surface area contributed by atoms with Crippen LogP contribution in [0.2, 0.25) is 0 Å². The van der Waals surface area contributed by atoms with Crippen molar-refractivity contribution in [2.75, 3.05) is 18.6 Å². The van der Waals surface area contributed by atoms with Crippen LogP contribution in [0.3, 0.4) is 0 Å². The summed E-state index contributed by atoms with van der Waals surface area (Å²) < 4.78 is 16.6. The summed E-state index contributed by atoms with van der Waals surface area (Å²) in [5.74, 6) is 1.03. The van der Waals surface area contributed by atoms with Crippen LogP contribution in [0.15, 0.2) is 16.5 Å². The number of nitrogens with one attached hydrogen (secondary N) is 1. The summed E-state index contributed by atoms with van der Waals surface area (Å²) in [7, 11) is 1.62. The number of carbonyl (C=O) groups excluding carboxylic acids is 2. The Bertz CT molecular complexity index is 916. The monoisotopic (exact) mass is 388 g/mol. The summed E-state index contributed by atoms with van der Waals surface area (Å²) in [5.41, 5.74) is 1.46. The van der Waals surface area contributed by atoms with Gasteiger partial charge in [-0.1, -0.05) is 0 Å². The number of fused-ring (bicyclic) bond motifs is 1. The first-order valence-corrected chi connectivity index (χ1v) is 8.90. The molecule has 0 bridgehead atoms. The first-order chi connectivity index (χ1) is 13.0. The highest BCUT2D eigenvalue weighted by atomic mass is 16.6. The smallest absolute Gasteiger partial charge is 0.408 e. The molecule has 1 unspecified atom stereocenters. The Hall–Kier alpha value is -3.10. The lowest BCUT2D eigenvalue weighted by atomic mass is 10.1. The van der Waals surface area contributed by atoms with Gasteiger partial charge in [-0.05, 0) is 45.4 Å². The molecule has 0 saturated heterocycles. The standard InChI is InChI=1S/C19H24N4O5/c1-10-7-15-14(8-12(10)16-22-21-11(2)27-16)23(6)17(24)13(9-26-15)20-18(25)28-19(3,4)5/h7-8,13H,9H2,1-6H3,(H,20,25). The third-order valence-corrected chi connectivity index (χ3v) is 4.15. The fourth-order valence-electron chi connectivity index (χ4n) is 2.83. The number of aromatic nitrogens is 2. The number of ether oxygens (including phenoxy) is 2. The number of anilines is 1. The molecule has 2 heterocycles. The number of benzene rings is 1. The summed E-state index contributed by atoms with van der Waals surface area (Å²) in [6, 6.07) is 2.71. The molecule has 1 aliphatic heterocycles. The van der Waals surface area contributed by atoms with Gasteiger partial charge in [0.05, 0.1) is 5.69 Å². The molecule has 1 aromatic carbocycles. The van der Waals surface area contributed by atoms with Crippen molar-refractivity contribution in [2.24, 2.45) is 0 Å². The number of hydrogen-bond acceptors (Lipinski definition) is 7. The van der Waals surface area contributed by atoms with Crippen LogP contribution < -0.4 is 15.0 Å². The molecule has 1 atom stereocenters. The van der Waals surface area contributed by atoms with Gasteiger partial charge in [0.1, 0.15) is 24.0 Å². The molecule has 150 valence electrons. The molecule has 1 aromatic heterocycles. The number of nitrogens with zero attached hydrogens (tertiary/aromatic N) is 3. The molecule has 0 radical (unpaired) electrons. The predicted molar refractivity (Wildman–Crippen MR) is 101 cm³/mol. The molecule has 28 heavy (non-hydrogen) atoms. The molecular weight excluding hydrogens is 364 g/mol. The molecule has 0 saturated carbocycles. The van der Waals surface area contributed by atoms with E-state index in [0.717, 1.165) is 5.56 Å². The topological polar surface area (TPSA) is 107 Å². The lowest BCUT2D eigenvalue weighted by Gasteiger charge is -2.23. The van der Waals surface area contributed by atoms with E-state index in [4.69, 9.17) is 13.9 Å². The molecule has 3 rings (SSSR count). The Kier molecular flexibility index (Phi) is 5.01. The van der Waals surface area contributed by atoms with Crippen LogP contribution in [-0.4, -0.2) is 47.5 Å². The van der Waals surface area contributed by atoms with Gasteiger partial charge in [0.2, 0.25) is 11.8 Å². The van der Waals surface area contributed by atoms with E-state index in [1.165, 1.54) is 4.90 Å². The van der Waals surface area contributed by atoms with E-state index in [1.54, 1.807) is 40.8 Å². The summed E-state index contributed by atoms with van der Waals surface area (Å²) >= 11 is 0. The minimum Gasteiger partial charge on any atom is -0.489 e. The summed E-state index contributed by atoms with van der Waals surface area (Å²) in [6.45, 7) is 8.85. The van der Waals surface area contributed by atoms with E-state index in [0.29, 0.717) is 28.8 Å². The van der Waals surface area contributed by atoms with Crippen LogP contribution in [0.1, 0.15) is 32.2 Å². The molecule has 9 nitrogen and oxygen atoms in total. The number of carbonyl (C=O) groups is 2. The second-order valence-corrected chi connectivity index (χ2v) is 7.67. The van der Waals surface area contributed by atoms with Crippen LogP contribution >= 0.6 is 0 Å². The van der Waals surface area contributed by atoms with Crippen molar-refractivity contribution in [1.29, 1.82) is 0 Å². The highest BCUT2D eigenvalue weighted by Crippen LogP contribution is 2.37. The van der Waals surface area contributed by atoms with E-state index in [9.17, 15) is 9.59 Å². The zero-order valence-electron chi connectivity index (χ0n) is 16.8. The van der Waals surface area contributed by atoms with E-state index in [-0.39, 0.29) is 12.5 Å². The first kappa shape index (κ1) is 19.7. The third kappa shape index (κ3) is 4.08. The zero-order chi connectivity index (χ0) is 20.6. The second-order valence-electron chi connectivity index (χ2n) is 7.67. The molecule has 0 aliphatic carbocycles. The molecular formula is C19H24N4O5. The zero-order valence-corrected chi connectivity index (χ0v) is 16.8. The fraction of sp³-hybridized carbons (Fsp3) is 0.474. The number of hydrogen-bond donors (Lipinski definition) is 1. The van der Waals surface area contributed by atoms with Crippen LogP contribution in [-0.2, 0) is 9.53 Å². The van der Waals surface area contributed by atoms with Gasteiger partial charge in [0.25, 0.3) is 5.91 Å². The number of alkyl carbamates (subject to hydrolysis) is 1. The largest absolute Gasteiger partial charge is 0.489 e. The minimum atomic E-state index is -0.873. The highest BCUT2D eigenvalue weighted by Gasteiger charge is 2.32. The van der Waals surface area contributed by atoms with Crippen molar-refractivity contribution in [3.05, 3.63) is 23.6 Å². The molecule has 0 spiro atoms. The van der Waals surface area contributed by atoms with Crippen molar-refractivity contribution in [3.8, 4) is 17.2 Å². The number of amides is 2. The van der Waals surface area contributed by atoms with E-state index >= 15 is 0 Å².